The van der Waals surface area contributed by atoms with E-state index < -0.39 is 0 Å². The van der Waals surface area contributed by atoms with Crippen LogP contribution < -0.4 is 5.32 Å². The molecule has 0 fully saturated rings. The van der Waals surface area contributed by atoms with Gasteiger partial charge in [-0.25, -0.2) is 0 Å². The van der Waals surface area contributed by atoms with E-state index in [-0.39, 0.29) is 18.0 Å². The number of amides is 1. The number of nitrogens with zero attached hydrogens (tertiary/aromatic N) is 3. The molecular formula is C14H19BrN4O. The summed E-state index contributed by atoms with van der Waals surface area (Å²) in [5, 5.41) is 7.14. The lowest BCUT2D eigenvalue weighted by atomic mass is 10.3. The molecule has 0 saturated carbocycles. The molecule has 2 aromatic rings. The average Bonchev–Trinajstić information content (AvgIpc) is 2.97. The Balaban J connectivity index is 2.04. The molecule has 1 atom stereocenters. The van der Waals surface area contributed by atoms with Crippen molar-refractivity contribution in [3.8, 4) is 0 Å². The topological polar surface area (TPSA) is 51.9 Å². The predicted molar refractivity (Wildman–Crippen MR) is 81.7 cm³/mol. The van der Waals surface area contributed by atoms with Crippen LogP contribution in [0.15, 0.2) is 35.2 Å². The smallest absolute Gasteiger partial charge is 0.268 e. The maximum Gasteiger partial charge on any atom is 0.268 e. The summed E-state index contributed by atoms with van der Waals surface area (Å²) in [5.41, 5.74) is 0.666. The molecule has 0 bridgehead atoms. The Bertz CT molecular complexity index is 574. The molecule has 20 heavy (non-hydrogen) atoms. The lowest BCUT2D eigenvalue weighted by Crippen LogP contribution is -2.36. The second-order valence-electron chi connectivity index (χ2n) is 5.15. The van der Waals surface area contributed by atoms with Gasteiger partial charge < -0.3 is 9.88 Å². The minimum absolute atomic E-state index is 0.0108. The van der Waals surface area contributed by atoms with E-state index in [0.29, 0.717) is 12.2 Å². The van der Waals surface area contributed by atoms with Crippen molar-refractivity contribution in [2.45, 2.75) is 39.4 Å². The van der Waals surface area contributed by atoms with Gasteiger partial charge in [0.1, 0.15) is 5.69 Å². The van der Waals surface area contributed by atoms with E-state index in [9.17, 15) is 4.79 Å². The van der Waals surface area contributed by atoms with Crippen LogP contribution in [0.25, 0.3) is 0 Å². The van der Waals surface area contributed by atoms with Crippen molar-refractivity contribution in [3.63, 3.8) is 0 Å². The van der Waals surface area contributed by atoms with Gasteiger partial charge in [-0.05, 0) is 48.8 Å². The van der Waals surface area contributed by atoms with E-state index in [1.54, 1.807) is 6.20 Å². The van der Waals surface area contributed by atoms with Gasteiger partial charge in [0.15, 0.2) is 0 Å². The molecule has 0 saturated heterocycles. The van der Waals surface area contributed by atoms with Crippen molar-refractivity contribution in [2.24, 2.45) is 0 Å². The van der Waals surface area contributed by atoms with E-state index in [1.807, 2.05) is 40.7 Å². The number of aromatic nitrogens is 3. The van der Waals surface area contributed by atoms with Crippen molar-refractivity contribution in [1.82, 2.24) is 19.7 Å². The molecule has 0 aliphatic carbocycles. The van der Waals surface area contributed by atoms with Gasteiger partial charge >= 0.3 is 0 Å². The van der Waals surface area contributed by atoms with Crippen LogP contribution in [0, 0.1) is 0 Å². The Morgan fingerprint density at radius 1 is 1.45 bits per heavy atom. The fourth-order valence-corrected chi connectivity index (χ4v) is 2.52. The molecule has 5 nitrogen and oxygen atoms in total. The van der Waals surface area contributed by atoms with Gasteiger partial charge in [0, 0.05) is 35.1 Å². The monoisotopic (exact) mass is 338 g/mol. The zero-order valence-electron chi connectivity index (χ0n) is 11.9. The minimum atomic E-state index is -0.0657. The number of hydrogen-bond donors (Lipinski definition) is 1. The largest absolute Gasteiger partial charge is 0.346 e. The number of nitrogens with one attached hydrogen (secondary N) is 1. The van der Waals surface area contributed by atoms with Crippen molar-refractivity contribution >= 4 is 21.8 Å². The summed E-state index contributed by atoms with van der Waals surface area (Å²) in [5.74, 6) is -0.0657. The van der Waals surface area contributed by atoms with Crippen LogP contribution in [0.2, 0.25) is 0 Å². The highest BCUT2D eigenvalue weighted by molar-refractivity contribution is 9.10. The molecule has 108 valence electrons. The first-order chi connectivity index (χ1) is 9.47. The van der Waals surface area contributed by atoms with E-state index in [0.717, 1.165) is 4.47 Å². The van der Waals surface area contributed by atoms with Gasteiger partial charge in [0.25, 0.3) is 5.91 Å². The van der Waals surface area contributed by atoms with Crippen molar-refractivity contribution in [1.29, 1.82) is 0 Å². The zero-order chi connectivity index (χ0) is 14.7. The van der Waals surface area contributed by atoms with Crippen molar-refractivity contribution < 1.29 is 4.79 Å². The average molecular weight is 339 g/mol. The van der Waals surface area contributed by atoms with Crippen molar-refractivity contribution in [2.75, 3.05) is 0 Å². The van der Waals surface area contributed by atoms with E-state index in [1.165, 1.54) is 0 Å². The number of carbonyl (C=O) groups is 1. The Morgan fingerprint density at radius 2 is 2.20 bits per heavy atom. The molecule has 0 radical (unpaired) electrons. The summed E-state index contributed by atoms with van der Waals surface area (Å²) in [6.07, 6.45) is 5.55. The second-order valence-corrected chi connectivity index (χ2v) is 6.06. The fourth-order valence-electron chi connectivity index (χ4n) is 2.09. The van der Waals surface area contributed by atoms with Crippen LogP contribution in [0.1, 0.15) is 37.3 Å². The Morgan fingerprint density at radius 3 is 2.80 bits per heavy atom. The highest BCUT2D eigenvalue weighted by atomic mass is 79.9. The first-order valence-electron chi connectivity index (χ1n) is 6.63. The summed E-state index contributed by atoms with van der Waals surface area (Å²) in [7, 11) is 0. The standard InChI is InChI=1S/C14H19BrN4O/c1-10(2)19-9-12(15)7-13(19)14(20)17-11(3)8-18-6-4-5-16-18/h4-7,9-11H,8H2,1-3H3,(H,17,20). The zero-order valence-corrected chi connectivity index (χ0v) is 13.5. The predicted octanol–water partition coefficient (Wildman–Crippen LogP) is 2.85. The fraction of sp³-hybridized carbons (Fsp3) is 0.429. The van der Waals surface area contributed by atoms with Gasteiger partial charge in [0.2, 0.25) is 0 Å². The summed E-state index contributed by atoms with van der Waals surface area (Å²) >= 11 is 3.42. The number of halogens is 1. The van der Waals surface area contributed by atoms with Gasteiger partial charge in [-0.3, -0.25) is 9.48 Å². The summed E-state index contributed by atoms with van der Waals surface area (Å²) in [6, 6.07) is 3.96. The van der Waals surface area contributed by atoms with Gasteiger partial charge in [0.05, 0.1) is 6.54 Å². The molecule has 6 heteroatoms. The van der Waals surface area contributed by atoms with Crippen LogP contribution in [0.4, 0.5) is 0 Å². The normalized spacial score (nSPS) is 12.7. The summed E-state index contributed by atoms with van der Waals surface area (Å²) in [6.45, 7) is 6.73. The molecule has 0 aliphatic heterocycles. The molecule has 1 unspecified atom stereocenters. The van der Waals surface area contributed by atoms with Gasteiger partial charge in [-0.2, -0.15) is 5.10 Å². The van der Waals surface area contributed by atoms with E-state index in [2.05, 4.69) is 40.2 Å². The third kappa shape index (κ3) is 3.50. The lowest BCUT2D eigenvalue weighted by molar-refractivity contribution is 0.0925. The molecule has 0 aliphatic rings. The lowest BCUT2D eigenvalue weighted by Gasteiger charge is -2.16. The van der Waals surface area contributed by atoms with Crippen LogP contribution >= 0.6 is 15.9 Å². The SMILES string of the molecule is CC(Cn1cccn1)NC(=O)c1cc(Br)cn1C(C)C. The highest BCUT2D eigenvalue weighted by Gasteiger charge is 2.16. The molecule has 1 N–H and O–H groups in total. The van der Waals surface area contributed by atoms with Crippen LogP contribution in [-0.4, -0.2) is 26.3 Å². The number of hydrogen-bond acceptors (Lipinski definition) is 2. The number of carbonyl (C=O) groups excluding carboxylic acids is 1. The molecule has 0 spiro atoms. The molecular weight excluding hydrogens is 320 g/mol. The third-order valence-corrected chi connectivity index (χ3v) is 3.44. The Kier molecular flexibility index (Phi) is 4.65. The number of rotatable bonds is 5. The van der Waals surface area contributed by atoms with Gasteiger partial charge in [-0.1, -0.05) is 0 Å². The van der Waals surface area contributed by atoms with Crippen LogP contribution in [0.5, 0.6) is 0 Å². The van der Waals surface area contributed by atoms with E-state index >= 15 is 0 Å². The first-order valence-corrected chi connectivity index (χ1v) is 7.42. The molecule has 2 heterocycles. The highest BCUT2D eigenvalue weighted by Crippen LogP contribution is 2.19. The van der Waals surface area contributed by atoms with E-state index in [4.69, 9.17) is 0 Å². The quantitative estimate of drug-likeness (QED) is 0.911. The molecule has 2 rings (SSSR count). The summed E-state index contributed by atoms with van der Waals surface area (Å²) in [4.78, 5) is 12.3. The first kappa shape index (κ1) is 14.8. The van der Waals surface area contributed by atoms with Crippen LogP contribution in [-0.2, 0) is 6.54 Å². The maximum absolute atomic E-state index is 12.3. The Labute approximate surface area is 127 Å². The second kappa shape index (κ2) is 6.26. The maximum atomic E-state index is 12.3. The van der Waals surface area contributed by atoms with Gasteiger partial charge in [-0.15, -0.1) is 0 Å². The molecule has 1 amide bonds. The third-order valence-electron chi connectivity index (χ3n) is 3.00. The van der Waals surface area contributed by atoms with Crippen LogP contribution in [0.3, 0.4) is 0 Å². The van der Waals surface area contributed by atoms with Crippen molar-refractivity contribution in [3.05, 3.63) is 40.9 Å². The molecule has 2 aromatic heterocycles. The Hall–Kier alpha value is -1.56. The molecule has 0 aromatic carbocycles. The minimum Gasteiger partial charge on any atom is -0.346 e. The summed E-state index contributed by atoms with van der Waals surface area (Å²) < 4.78 is 4.68.